The summed E-state index contributed by atoms with van der Waals surface area (Å²) >= 11 is 1.83. The van der Waals surface area contributed by atoms with Crippen molar-refractivity contribution < 1.29 is 0 Å². The van der Waals surface area contributed by atoms with Crippen LogP contribution in [0.1, 0.15) is 31.5 Å². The topological polar surface area (TPSA) is 75.9 Å². The van der Waals surface area contributed by atoms with Gasteiger partial charge in [0.2, 0.25) is 0 Å². The normalized spacial score (nSPS) is 16.6. The van der Waals surface area contributed by atoms with E-state index in [1.165, 1.54) is 12.8 Å². The molecule has 0 aliphatic heterocycles. The first-order valence-corrected chi connectivity index (χ1v) is 7.14. The van der Waals surface area contributed by atoms with Gasteiger partial charge < -0.3 is 10.7 Å². The number of nitrogens with two attached hydrogens (primary N) is 1. The van der Waals surface area contributed by atoms with Crippen molar-refractivity contribution in [3.05, 3.63) is 11.9 Å². The third-order valence-corrected chi connectivity index (χ3v) is 3.78. The molecular weight excluding hydrogens is 234 g/mol. The quantitative estimate of drug-likeness (QED) is 0.530. The number of nitrogens with one attached hydrogen (secondary N) is 2. The van der Waals surface area contributed by atoms with Crippen molar-refractivity contribution >= 4 is 23.4 Å². The van der Waals surface area contributed by atoms with E-state index < -0.39 is 0 Å². The van der Waals surface area contributed by atoms with E-state index in [1.54, 1.807) is 0 Å². The van der Waals surface area contributed by atoms with E-state index in [9.17, 15) is 0 Å². The summed E-state index contributed by atoms with van der Waals surface area (Å²) in [6.07, 6.45) is 4.48. The molecule has 1 aromatic heterocycles. The smallest absolute Gasteiger partial charge is 0.145 e. The fourth-order valence-corrected chi connectivity index (χ4v) is 1.74. The number of hydrogen-bond acceptors (Lipinski definition) is 6. The zero-order valence-electron chi connectivity index (χ0n) is 10.2. The van der Waals surface area contributed by atoms with Gasteiger partial charge in [0.05, 0.1) is 0 Å². The third-order valence-electron chi connectivity index (χ3n) is 2.81. The van der Waals surface area contributed by atoms with Gasteiger partial charge >= 0.3 is 0 Å². The molecule has 1 aromatic rings. The Morgan fingerprint density at radius 1 is 1.47 bits per heavy atom. The molecule has 0 radical (unpaired) electrons. The van der Waals surface area contributed by atoms with Gasteiger partial charge in [0, 0.05) is 23.8 Å². The summed E-state index contributed by atoms with van der Waals surface area (Å²) in [6.45, 7) is 3.08. The van der Waals surface area contributed by atoms with Crippen molar-refractivity contribution in [2.24, 2.45) is 5.84 Å². The van der Waals surface area contributed by atoms with E-state index in [0.717, 1.165) is 18.2 Å². The number of hydrogen-bond donors (Lipinski definition) is 3. The number of anilines is 2. The van der Waals surface area contributed by atoms with E-state index in [0.29, 0.717) is 17.0 Å². The molecule has 1 fully saturated rings. The zero-order chi connectivity index (χ0) is 12.3. The first-order valence-electron chi connectivity index (χ1n) is 5.85. The Morgan fingerprint density at radius 3 is 2.76 bits per heavy atom. The van der Waals surface area contributed by atoms with Crippen LogP contribution in [0.5, 0.6) is 0 Å². The van der Waals surface area contributed by atoms with Gasteiger partial charge in [-0.2, -0.15) is 11.8 Å². The third kappa shape index (κ3) is 3.47. The Morgan fingerprint density at radius 2 is 2.18 bits per heavy atom. The fourth-order valence-electron chi connectivity index (χ4n) is 1.49. The summed E-state index contributed by atoms with van der Waals surface area (Å²) in [7, 11) is 0. The second kappa shape index (κ2) is 5.55. The molecule has 4 N–H and O–H groups in total. The Labute approximate surface area is 106 Å². The molecule has 1 aliphatic carbocycles. The SMILES string of the molecule is CSC(C)CNc1cc(NN)nc(C2CC2)n1. The number of thioether (sulfide) groups is 1. The highest BCUT2D eigenvalue weighted by atomic mass is 32.2. The van der Waals surface area contributed by atoms with Crippen molar-refractivity contribution in [2.45, 2.75) is 30.9 Å². The molecule has 0 saturated heterocycles. The predicted molar refractivity (Wildman–Crippen MR) is 73.3 cm³/mol. The minimum Gasteiger partial charge on any atom is -0.369 e. The lowest BCUT2D eigenvalue weighted by atomic mass is 10.3. The molecular formula is C11H19N5S. The monoisotopic (exact) mass is 253 g/mol. The lowest BCUT2D eigenvalue weighted by Gasteiger charge is -2.12. The van der Waals surface area contributed by atoms with Gasteiger partial charge in [0.15, 0.2) is 0 Å². The molecule has 1 unspecified atom stereocenters. The molecule has 0 amide bonds. The molecule has 1 heterocycles. The first-order chi connectivity index (χ1) is 8.22. The maximum absolute atomic E-state index is 5.42. The van der Waals surface area contributed by atoms with Crippen LogP contribution in [-0.2, 0) is 0 Å². The van der Waals surface area contributed by atoms with E-state index in [2.05, 4.69) is 33.9 Å². The van der Waals surface area contributed by atoms with Crippen molar-refractivity contribution in [1.82, 2.24) is 9.97 Å². The van der Waals surface area contributed by atoms with E-state index in [4.69, 9.17) is 5.84 Å². The number of rotatable bonds is 6. The fraction of sp³-hybridized carbons (Fsp3) is 0.636. The molecule has 0 bridgehead atoms. The molecule has 6 heteroatoms. The van der Waals surface area contributed by atoms with Crippen LogP contribution in [0.3, 0.4) is 0 Å². The maximum Gasteiger partial charge on any atom is 0.145 e. The Hall–Kier alpha value is -1.01. The number of aromatic nitrogens is 2. The summed E-state index contributed by atoms with van der Waals surface area (Å²) in [6, 6.07) is 1.85. The van der Waals surface area contributed by atoms with Crippen molar-refractivity contribution in [3.8, 4) is 0 Å². The predicted octanol–water partition coefficient (Wildman–Crippen LogP) is 1.80. The van der Waals surface area contributed by atoms with Gasteiger partial charge in [0.25, 0.3) is 0 Å². The second-order valence-electron chi connectivity index (χ2n) is 4.34. The summed E-state index contributed by atoms with van der Waals surface area (Å²) in [5.41, 5.74) is 2.60. The van der Waals surface area contributed by atoms with Crippen LogP contribution in [0.25, 0.3) is 0 Å². The van der Waals surface area contributed by atoms with Crippen LogP contribution in [-0.4, -0.2) is 28.0 Å². The zero-order valence-corrected chi connectivity index (χ0v) is 11.0. The summed E-state index contributed by atoms with van der Waals surface area (Å²) < 4.78 is 0. The van der Waals surface area contributed by atoms with Crippen molar-refractivity contribution in [2.75, 3.05) is 23.5 Å². The summed E-state index contributed by atoms with van der Waals surface area (Å²) in [5.74, 6) is 8.39. The molecule has 2 rings (SSSR count). The van der Waals surface area contributed by atoms with Crippen LogP contribution >= 0.6 is 11.8 Å². The molecule has 0 spiro atoms. The minimum absolute atomic E-state index is 0.529. The molecule has 17 heavy (non-hydrogen) atoms. The maximum atomic E-state index is 5.42. The van der Waals surface area contributed by atoms with Crippen LogP contribution in [0, 0.1) is 0 Å². The summed E-state index contributed by atoms with van der Waals surface area (Å²) in [5, 5.41) is 3.88. The van der Waals surface area contributed by atoms with Crippen molar-refractivity contribution in [1.29, 1.82) is 0 Å². The summed E-state index contributed by atoms with van der Waals surface area (Å²) in [4.78, 5) is 8.89. The molecule has 5 nitrogen and oxygen atoms in total. The van der Waals surface area contributed by atoms with Gasteiger partial charge in [-0.3, -0.25) is 0 Å². The molecule has 1 saturated carbocycles. The van der Waals surface area contributed by atoms with Crippen LogP contribution < -0.4 is 16.6 Å². The highest BCUT2D eigenvalue weighted by Crippen LogP contribution is 2.38. The van der Waals surface area contributed by atoms with Gasteiger partial charge in [0.1, 0.15) is 17.5 Å². The second-order valence-corrected chi connectivity index (χ2v) is 5.62. The van der Waals surface area contributed by atoms with Gasteiger partial charge in [-0.15, -0.1) is 0 Å². The van der Waals surface area contributed by atoms with Gasteiger partial charge in [-0.25, -0.2) is 15.8 Å². The van der Waals surface area contributed by atoms with Crippen LogP contribution in [0.4, 0.5) is 11.6 Å². The number of hydrazine groups is 1. The van der Waals surface area contributed by atoms with Gasteiger partial charge in [-0.05, 0) is 19.1 Å². The Bertz CT molecular complexity index is 380. The molecule has 1 atom stereocenters. The van der Waals surface area contributed by atoms with Crippen LogP contribution in [0.15, 0.2) is 6.07 Å². The van der Waals surface area contributed by atoms with E-state index >= 15 is 0 Å². The van der Waals surface area contributed by atoms with E-state index in [1.807, 2.05) is 17.8 Å². The largest absolute Gasteiger partial charge is 0.369 e. The minimum atomic E-state index is 0.529. The number of nitrogens with zero attached hydrogens (tertiary/aromatic N) is 2. The highest BCUT2D eigenvalue weighted by molar-refractivity contribution is 7.99. The number of nitrogen functional groups attached to an aromatic ring is 1. The van der Waals surface area contributed by atoms with E-state index in [-0.39, 0.29) is 0 Å². The molecule has 94 valence electrons. The average Bonchev–Trinajstić information content (AvgIpc) is 3.19. The van der Waals surface area contributed by atoms with Crippen LogP contribution in [0.2, 0.25) is 0 Å². The van der Waals surface area contributed by atoms with Gasteiger partial charge in [-0.1, -0.05) is 6.92 Å². The lowest BCUT2D eigenvalue weighted by Crippen LogP contribution is -2.16. The molecule has 1 aliphatic rings. The standard InChI is InChI=1S/C11H19N5S/c1-7(17-2)6-13-9-5-10(16-12)15-11(14-9)8-3-4-8/h5,7-8H,3-4,6,12H2,1-2H3,(H2,13,14,15,16). The lowest BCUT2D eigenvalue weighted by molar-refractivity contribution is 0.912. The highest BCUT2D eigenvalue weighted by Gasteiger charge is 2.27. The molecule has 0 aromatic carbocycles. The van der Waals surface area contributed by atoms with Crippen molar-refractivity contribution in [3.63, 3.8) is 0 Å². The first kappa shape index (κ1) is 12.4. The average molecular weight is 253 g/mol. The Balaban J connectivity index is 2.06. The Kier molecular flexibility index (Phi) is 4.06.